The van der Waals surface area contributed by atoms with Gasteiger partial charge in [0.1, 0.15) is 6.33 Å². The van der Waals surface area contributed by atoms with Crippen molar-refractivity contribution < 1.29 is 0 Å². The summed E-state index contributed by atoms with van der Waals surface area (Å²) in [6.45, 7) is 4.28. The van der Waals surface area contributed by atoms with Crippen LogP contribution in [0.15, 0.2) is 42.7 Å². The molecule has 3 aromatic rings. The van der Waals surface area contributed by atoms with Gasteiger partial charge in [0.2, 0.25) is 5.65 Å². The predicted octanol–water partition coefficient (Wildman–Crippen LogP) is 2.90. The molecule has 3 heterocycles. The lowest BCUT2D eigenvalue weighted by atomic mass is 9.99. The van der Waals surface area contributed by atoms with Crippen LogP contribution < -0.4 is 5.32 Å². The molecule has 2 aliphatic rings. The minimum Gasteiger partial charge on any atom is -0.381 e. The van der Waals surface area contributed by atoms with E-state index in [9.17, 15) is 0 Å². The van der Waals surface area contributed by atoms with E-state index in [0.29, 0.717) is 11.8 Å². The van der Waals surface area contributed by atoms with Gasteiger partial charge in [-0.25, -0.2) is 0 Å². The van der Waals surface area contributed by atoms with Gasteiger partial charge in [-0.15, -0.1) is 10.2 Å². The average molecular weight is 348 g/mol. The highest BCUT2D eigenvalue weighted by atomic mass is 15.3. The molecule has 0 amide bonds. The Balaban J connectivity index is 1.21. The van der Waals surface area contributed by atoms with E-state index >= 15 is 0 Å². The maximum Gasteiger partial charge on any atom is 0.200 e. The Morgan fingerprint density at radius 1 is 1.08 bits per heavy atom. The molecule has 1 saturated heterocycles. The molecule has 1 N–H and O–H groups in total. The number of nitrogens with zero attached hydrogens (tertiary/aromatic N) is 5. The lowest BCUT2D eigenvalue weighted by Crippen LogP contribution is -2.27. The van der Waals surface area contributed by atoms with Crippen LogP contribution in [-0.2, 0) is 0 Å². The standard InChI is InChI=1S/C20H24N6/c1-2-4-15(5-3-1)17-8-10-25(13-17)11-9-21-19-12-18(16-6-7-16)24-26-14-22-23-20(19)26/h1-5,12,14,16-17,21H,6-11,13H2. The molecular formula is C20H24N6. The molecule has 0 spiro atoms. The first-order valence-corrected chi connectivity index (χ1v) is 9.59. The van der Waals surface area contributed by atoms with Crippen LogP contribution in [-0.4, -0.2) is 50.9 Å². The molecule has 5 rings (SSSR count). The molecule has 1 aliphatic carbocycles. The van der Waals surface area contributed by atoms with E-state index in [0.717, 1.165) is 36.7 Å². The van der Waals surface area contributed by atoms with Gasteiger partial charge in [-0.3, -0.25) is 0 Å². The Bertz CT molecular complexity index is 886. The number of anilines is 1. The molecule has 1 aromatic carbocycles. The second-order valence-electron chi connectivity index (χ2n) is 7.48. The van der Waals surface area contributed by atoms with Crippen LogP contribution in [0.25, 0.3) is 5.65 Å². The van der Waals surface area contributed by atoms with Crippen molar-refractivity contribution >= 4 is 11.3 Å². The van der Waals surface area contributed by atoms with Gasteiger partial charge in [-0.1, -0.05) is 30.3 Å². The van der Waals surface area contributed by atoms with Gasteiger partial charge in [0.25, 0.3) is 0 Å². The van der Waals surface area contributed by atoms with Crippen molar-refractivity contribution in [3.63, 3.8) is 0 Å². The van der Waals surface area contributed by atoms with E-state index in [2.05, 4.69) is 61.9 Å². The Hall–Kier alpha value is -2.47. The van der Waals surface area contributed by atoms with E-state index in [1.165, 1.54) is 31.4 Å². The highest BCUT2D eigenvalue weighted by molar-refractivity contribution is 5.66. The van der Waals surface area contributed by atoms with Crippen LogP contribution in [0.4, 0.5) is 5.69 Å². The predicted molar refractivity (Wildman–Crippen MR) is 101 cm³/mol. The van der Waals surface area contributed by atoms with Crippen LogP contribution >= 0.6 is 0 Å². The summed E-state index contributed by atoms with van der Waals surface area (Å²) in [5.41, 5.74) is 4.50. The molecule has 1 saturated carbocycles. The van der Waals surface area contributed by atoms with Crippen LogP contribution in [0.3, 0.4) is 0 Å². The van der Waals surface area contributed by atoms with E-state index in [4.69, 9.17) is 0 Å². The minimum absolute atomic E-state index is 0.618. The van der Waals surface area contributed by atoms with E-state index in [-0.39, 0.29) is 0 Å². The normalized spacial score (nSPS) is 20.7. The summed E-state index contributed by atoms with van der Waals surface area (Å²) < 4.78 is 1.80. The summed E-state index contributed by atoms with van der Waals surface area (Å²) in [5, 5.41) is 16.4. The molecule has 0 radical (unpaired) electrons. The quantitative estimate of drug-likeness (QED) is 0.742. The van der Waals surface area contributed by atoms with Crippen molar-refractivity contribution in [1.29, 1.82) is 0 Å². The number of nitrogens with one attached hydrogen (secondary N) is 1. The van der Waals surface area contributed by atoms with Crippen molar-refractivity contribution in [2.75, 3.05) is 31.5 Å². The summed E-state index contributed by atoms with van der Waals surface area (Å²) in [6.07, 6.45) is 5.43. The van der Waals surface area contributed by atoms with Gasteiger partial charge >= 0.3 is 0 Å². The smallest absolute Gasteiger partial charge is 0.200 e. The van der Waals surface area contributed by atoms with Gasteiger partial charge in [-0.2, -0.15) is 9.61 Å². The SMILES string of the molecule is c1ccc(C2CCN(CCNc3cc(C4CC4)nn4cnnc34)C2)cc1. The Morgan fingerprint density at radius 3 is 2.81 bits per heavy atom. The van der Waals surface area contributed by atoms with Crippen LogP contribution in [0, 0.1) is 0 Å². The van der Waals surface area contributed by atoms with E-state index in [1.807, 2.05) is 0 Å². The molecule has 0 bridgehead atoms. The minimum atomic E-state index is 0.618. The van der Waals surface area contributed by atoms with Gasteiger partial charge in [-0.05, 0) is 43.4 Å². The number of hydrogen-bond donors (Lipinski definition) is 1. The molecule has 2 aromatic heterocycles. The summed E-state index contributed by atoms with van der Waals surface area (Å²) >= 11 is 0. The first kappa shape index (κ1) is 15.8. The maximum atomic E-state index is 4.63. The maximum absolute atomic E-state index is 4.63. The number of hydrogen-bond acceptors (Lipinski definition) is 5. The lowest BCUT2D eigenvalue weighted by Gasteiger charge is -2.17. The molecule has 2 fully saturated rings. The Morgan fingerprint density at radius 2 is 1.96 bits per heavy atom. The van der Waals surface area contributed by atoms with Crippen LogP contribution in [0.1, 0.15) is 42.4 Å². The Kier molecular flexibility index (Phi) is 4.05. The molecule has 6 heteroatoms. The monoisotopic (exact) mass is 348 g/mol. The second kappa shape index (κ2) is 6.68. The summed E-state index contributed by atoms with van der Waals surface area (Å²) in [4.78, 5) is 2.55. The van der Waals surface area contributed by atoms with Gasteiger partial charge in [0.05, 0.1) is 11.4 Å². The first-order valence-electron chi connectivity index (χ1n) is 9.59. The topological polar surface area (TPSA) is 58.4 Å². The highest BCUT2D eigenvalue weighted by Crippen LogP contribution is 2.39. The first-order chi connectivity index (χ1) is 12.9. The van der Waals surface area contributed by atoms with E-state index < -0.39 is 0 Å². The highest BCUT2D eigenvalue weighted by Gasteiger charge is 2.27. The summed E-state index contributed by atoms with van der Waals surface area (Å²) in [5.74, 6) is 1.29. The average Bonchev–Trinajstić information content (AvgIpc) is 3.23. The van der Waals surface area contributed by atoms with Gasteiger partial charge < -0.3 is 10.2 Å². The van der Waals surface area contributed by atoms with Crippen molar-refractivity contribution in [3.8, 4) is 0 Å². The number of benzene rings is 1. The fraction of sp³-hybridized carbons (Fsp3) is 0.450. The van der Waals surface area contributed by atoms with Crippen molar-refractivity contribution in [3.05, 3.63) is 54.0 Å². The molecule has 1 aliphatic heterocycles. The zero-order chi connectivity index (χ0) is 17.3. The third kappa shape index (κ3) is 3.17. The molecule has 1 unspecified atom stereocenters. The molecular weight excluding hydrogens is 324 g/mol. The Labute approximate surface area is 153 Å². The number of likely N-dealkylation sites (tertiary alicyclic amines) is 1. The van der Waals surface area contributed by atoms with Crippen molar-refractivity contribution in [1.82, 2.24) is 24.7 Å². The number of aromatic nitrogens is 4. The molecule has 1 atom stereocenters. The third-order valence-electron chi connectivity index (χ3n) is 5.57. The third-order valence-corrected chi connectivity index (χ3v) is 5.57. The van der Waals surface area contributed by atoms with Gasteiger partial charge in [0.15, 0.2) is 0 Å². The lowest BCUT2D eigenvalue weighted by molar-refractivity contribution is 0.348. The largest absolute Gasteiger partial charge is 0.381 e. The molecule has 26 heavy (non-hydrogen) atoms. The number of fused-ring (bicyclic) bond motifs is 1. The fourth-order valence-electron chi connectivity index (χ4n) is 3.94. The zero-order valence-corrected chi connectivity index (χ0v) is 14.9. The molecule has 6 nitrogen and oxygen atoms in total. The number of rotatable bonds is 6. The van der Waals surface area contributed by atoms with E-state index in [1.54, 1.807) is 10.8 Å². The van der Waals surface area contributed by atoms with Gasteiger partial charge in [0, 0.05) is 25.6 Å². The zero-order valence-electron chi connectivity index (χ0n) is 14.9. The summed E-state index contributed by atoms with van der Waals surface area (Å²) in [6, 6.07) is 13.1. The van der Waals surface area contributed by atoms with Crippen molar-refractivity contribution in [2.24, 2.45) is 0 Å². The second-order valence-corrected chi connectivity index (χ2v) is 7.48. The van der Waals surface area contributed by atoms with Crippen molar-refractivity contribution in [2.45, 2.75) is 31.1 Å². The van der Waals surface area contributed by atoms with Crippen LogP contribution in [0.2, 0.25) is 0 Å². The molecule has 134 valence electrons. The van der Waals surface area contributed by atoms with Crippen LogP contribution in [0.5, 0.6) is 0 Å². The summed E-state index contributed by atoms with van der Waals surface area (Å²) in [7, 11) is 0. The fourth-order valence-corrected chi connectivity index (χ4v) is 3.94.